The van der Waals surface area contributed by atoms with Crippen molar-refractivity contribution in [1.29, 1.82) is 0 Å². The van der Waals surface area contributed by atoms with Crippen LogP contribution in [-0.2, 0) is 6.42 Å². The lowest BCUT2D eigenvalue weighted by atomic mass is 10.1. The molecule has 2 rings (SSSR count). The van der Waals surface area contributed by atoms with Crippen LogP contribution in [0.5, 0.6) is 0 Å². The topological polar surface area (TPSA) is 66.9 Å². The van der Waals surface area contributed by atoms with Gasteiger partial charge >= 0.3 is 0 Å². The summed E-state index contributed by atoms with van der Waals surface area (Å²) < 4.78 is 0. The van der Waals surface area contributed by atoms with E-state index in [0.717, 1.165) is 5.56 Å². The molecule has 1 aromatic carbocycles. The molecule has 24 heavy (non-hydrogen) atoms. The number of amides is 1. The molecule has 1 aromatic heterocycles. The molecule has 1 amide bonds. The van der Waals surface area contributed by atoms with Gasteiger partial charge in [-0.2, -0.15) is 0 Å². The number of rotatable bonds is 7. The number of nitrogens with one attached hydrogen (secondary N) is 2. The summed E-state index contributed by atoms with van der Waals surface area (Å²) in [5, 5.41) is 7.18. The summed E-state index contributed by atoms with van der Waals surface area (Å²) in [6.07, 6.45) is 2.26. The van der Waals surface area contributed by atoms with Gasteiger partial charge in [-0.25, -0.2) is 9.97 Å². The van der Waals surface area contributed by atoms with Crippen LogP contribution in [0, 0.1) is 5.92 Å². The van der Waals surface area contributed by atoms with E-state index in [1.807, 2.05) is 19.9 Å². The molecule has 2 N–H and O–H groups in total. The second kappa shape index (κ2) is 8.85. The van der Waals surface area contributed by atoms with Crippen molar-refractivity contribution in [2.24, 2.45) is 5.92 Å². The summed E-state index contributed by atoms with van der Waals surface area (Å²) in [7, 11) is 0. The van der Waals surface area contributed by atoms with Crippen molar-refractivity contribution in [3.05, 3.63) is 51.8 Å². The number of anilines is 1. The van der Waals surface area contributed by atoms with Gasteiger partial charge in [-0.05, 0) is 36.1 Å². The third-order valence-corrected chi connectivity index (χ3v) is 3.84. The molecule has 0 aliphatic rings. The maximum atomic E-state index is 12.0. The van der Waals surface area contributed by atoms with Gasteiger partial charge in [0.2, 0.25) is 5.95 Å². The summed E-state index contributed by atoms with van der Waals surface area (Å²) in [5.41, 5.74) is 1.33. The van der Waals surface area contributed by atoms with Gasteiger partial charge in [-0.1, -0.05) is 43.1 Å². The first-order chi connectivity index (χ1) is 11.5. The summed E-state index contributed by atoms with van der Waals surface area (Å²) in [6, 6.07) is 7.01. The Hall–Kier alpha value is -1.85. The van der Waals surface area contributed by atoms with Gasteiger partial charge < -0.3 is 10.6 Å². The normalized spacial score (nSPS) is 10.7. The second-order valence-electron chi connectivity index (χ2n) is 5.78. The molecule has 0 fully saturated rings. The molecule has 0 atom stereocenters. The lowest BCUT2D eigenvalue weighted by molar-refractivity contribution is 0.0944. The Morgan fingerprint density at radius 2 is 2.04 bits per heavy atom. The maximum Gasteiger partial charge on any atom is 0.270 e. The summed E-state index contributed by atoms with van der Waals surface area (Å²) in [5.74, 6) is 0.602. The van der Waals surface area contributed by atoms with Gasteiger partial charge in [0.05, 0.1) is 0 Å². The molecule has 128 valence electrons. The van der Waals surface area contributed by atoms with Crippen LogP contribution in [0.25, 0.3) is 0 Å². The largest absolute Gasteiger partial charge is 0.354 e. The number of hydrogen-bond donors (Lipinski definition) is 2. The van der Waals surface area contributed by atoms with E-state index in [2.05, 4.69) is 20.6 Å². The van der Waals surface area contributed by atoms with Gasteiger partial charge in [0.15, 0.2) is 0 Å². The molecule has 0 aliphatic heterocycles. The van der Waals surface area contributed by atoms with E-state index in [-0.39, 0.29) is 5.91 Å². The molecule has 0 unspecified atom stereocenters. The molecule has 0 aliphatic carbocycles. The number of carbonyl (C=O) groups excluding carboxylic acids is 1. The van der Waals surface area contributed by atoms with Crippen LogP contribution in [0.1, 0.15) is 29.9 Å². The van der Waals surface area contributed by atoms with Crippen molar-refractivity contribution in [2.45, 2.75) is 20.3 Å². The van der Waals surface area contributed by atoms with Gasteiger partial charge in [-0.15, -0.1) is 0 Å². The minimum Gasteiger partial charge on any atom is -0.354 e. The van der Waals surface area contributed by atoms with Crippen molar-refractivity contribution < 1.29 is 4.79 Å². The number of hydrogen-bond acceptors (Lipinski definition) is 4. The zero-order chi connectivity index (χ0) is 17.5. The van der Waals surface area contributed by atoms with E-state index >= 15 is 0 Å². The van der Waals surface area contributed by atoms with Crippen molar-refractivity contribution in [2.75, 3.05) is 18.4 Å². The first-order valence-electron chi connectivity index (χ1n) is 7.74. The molecule has 0 saturated heterocycles. The molecule has 0 spiro atoms. The fraction of sp³-hybridized carbons (Fsp3) is 0.353. The van der Waals surface area contributed by atoms with Crippen molar-refractivity contribution in [3.8, 4) is 0 Å². The van der Waals surface area contributed by atoms with E-state index in [1.165, 1.54) is 0 Å². The number of carbonyl (C=O) groups is 1. The molecule has 7 heteroatoms. The van der Waals surface area contributed by atoms with Crippen LogP contribution in [0.15, 0.2) is 30.5 Å². The van der Waals surface area contributed by atoms with Crippen LogP contribution in [0.2, 0.25) is 10.0 Å². The fourth-order valence-corrected chi connectivity index (χ4v) is 2.49. The highest BCUT2D eigenvalue weighted by molar-refractivity contribution is 6.35. The third kappa shape index (κ3) is 5.65. The Morgan fingerprint density at radius 3 is 2.75 bits per heavy atom. The van der Waals surface area contributed by atoms with Crippen LogP contribution in [0.3, 0.4) is 0 Å². The van der Waals surface area contributed by atoms with Gasteiger partial charge in [0, 0.05) is 29.3 Å². The second-order valence-corrected chi connectivity index (χ2v) is 6.63. The Balaban J connectivity index is 1.91. The third-order valence-electron chi connectivity index (χ3n) is 3.25. The minimum absolute atomic E-state index is 0.199. The molecular weight excluding hydrogens is 347 g/mol. The Bertz CT molecular complexity index is 707. The van der Waals surface area contributed by atoms with Gasteiger partial charge in [0.1, 0.15) is 5.69 Å². The van der Waals surface area contributed by atoms with E-state index in [1.54, 1.807) is 24.4 Å². The molecular formula is C17H20Cl2N4O. The molecule has 5 nitrogen and oxygen atoms in total. The Morgan fingerprint density at radius 1 is 1.25 bits per heavy atom. The predicted octanol–water partition coefficient (Wildman–Crippen LogP) is 3.82. The van der Waals surface area contributed by atoms with E-state index in [0.29, 0.717) is 47.1 Å². The molecule has 0 bridgehead atoms. The fourth-order valence-electron chi connectivity index (χ4n) is 1.99. The summed E-state index contributed by atoms with van der Waals surface area (Å²) in [6.45, 7) is 5.28. The minimum atomic E-state index is -0.199. The standard InChI is InChI=1S/C17H20Cl2N4O/c1-11(2)10-22-16(24)15-6-8-21-17(23-15)20-7-5-12-3-4-13(18)9-14(12)19/h3-4,6,8-9,11H,5,7,10H2,1-2H3,(H,22,24)(H,20,21,23). The zero-order valence-electron chi connectivity index (χ0n) is 13.6. The highest BCUT2D eigenvalue weighted by atomic mass is 35.5. The van der Waals surface area contributed by atoms with Crippen molar-refractivity contribution >= 4 is 35.1 Å². The first kappa shape index (κ1) is 18.5. The van der Waals surface area contributed by atoms with Crippen LogP contribution < -0.4 is 10.6 Å². The number of halogens is 2. The summed E-state index contributed by atoms with van der Waals surface area (Å²) in [4.78, 5) is 20.4. The number of aromatic nitrogens is 2. The predicted molar refractivity (Wildman–Crippen MR) is 97.9 cm³/mol. The van der Waals surface area contributed by atoms with Gasteiger partial charge in [-0.3, -0.25) is 4.79 Å². The highest BCUT2D eigenvalue weighted by Gasteiger charge is 2.09. The quantitative estimate of drug-likeness (QED) is 0.781. The summed E-state index contributed by atoms with van der Waals surface area (Å²) >= 11 is 12.0. The van der Waals surface area contributed by atoms with E-state index in [9.17, 15) is 4.79 Å². The Kier molecular flexibility index (Phi) is 6.82. The molecule has 2 aromatic rings. The molecule has 0 saturated carbocycles. The highest BCUT2D eigenvalue weighted by Crippen LogP contribution is 2.21. The lowest BCUT2D eigenvalue weighted by Crippen LogP contribution is -2.28. The SMILES string of the molecule is CC(C)CNC(=O)c1ccnc(NCCc2ccc(Cl)cc2Cl)n1. The average Bonchev–Trinajstić information content (AvgIpc) is 2.55. The zero-order valence-corrected chi connectivity index (χ0v) is 15.2. The number of nitrogens with zero attached hydrogens (tertiary/aromatic N) is 2. The van der Waals surface area contributed by atoms with Crippen LogP contribution in [0.4, 0.5) is 5.95 Å². The Labute approximate surface area is 151 Å². The van der Waals surface area contributed by atoms with Gasteiger partial charge in [0.25, 0.3) is 5.91 Å². The van der Waals surface area contributed by atoms with E-state index in [4.69, 9.17) is 23.2 Å². The smallest absolute Gasteiger partial charge is 0.270 e. The monoisotopic (exact) mass is 366 g/mol. The number of benzene rings is 1. The average molecular weight is 367 g/mol. The van der Waals surface area contributed by atoms with Crippen LogP contribution >= 0.6 is 23.2 Å². The lowest BCUT2D eigenvalue weighted by Gasteiger charge is -2.09. The molecule has 1 heterocycles. The maximum absolute atomic E-state index is 12.0. The van der Waals surface area contributed by atoms with E-state index < -0.39 is 0 Å². The van der Waals surface area contributed by atoms with Crippen LogP contribution in [-0.4, -0.2) is 29.0 Å². The van der Waals surface area contributed by atoms with Crippen molar-refractivity contribution in [1.82, 2.24) is 15.3 Å². The molecule has 0 radical (unpaired) electrons. The van der Waals surface area contributed by atoms with Crippen molar-refractivity contribution in [3.63, 3.8) is 0 Å². The first-order valence-corrected chi connectivity index (χ1v) is 8.50.